The summed E-state index contributed by atoms with van der Waals surface area (Å²) < 4.78 is 24.4. The molecule has 1 aromatic heterocycles. The van der Waals surface area contributed by atoms with Gasteiger partial charge in [0.2, 0.25) is 11.9 Å². The molecule has 0 atom stereocenters. The van der Waals surface area contributed by atoms with E-state index in [0.29, 0.717) is 24.5 Å². The van der Waals surface area contributed by atoms with E-state index in [1.807, 2.05) is 6.07 Å². The van der Waals surface area contributed by atoms with Gasteiger partial charge in [0.25, 0.3) is 0 Å². The standard InChI is InChI=1S/C22H31FN6O2/c1-30-19-8-7-17(15-18(19)23)16-27-11-13-29(14-12-27)21-24-20(25-22(26-21)31-2)28-9-5-3-4-6-10-28/h7-8,15H,3-6,9-14,16H2,1-2H3. The summed E-state index contributed by atoms with van der Waals surface area (Å²) in [6.07, 6.45) is 4.83. The molecule has 31 heavy (non-hydrogen) atoms. The summed E-state index contributed by atoms with van der Waals surface area (Å²) in [7, 11) is 3.07. The smallest absolute Gasteiger partial charge is 0.322 e. The van der Waals surface area contributed by atoms with Crippen LogP contribution in [-0.2, 0) is 6.54 Å². The molecule has 2 saturated heterocycles. The lowest BCUT2D eigenvalue weighted by Gasteiger charge is -2.35. The number of piperazine rings is 1. The highest BCUT2D eigenvalue weighted by atomic mass is 19.1. The number of hydrogen-bond acceptors (Lipinski definition) is 8. The molecule has 168 valence electrons. The highest BCUT2D eigenvalue weighted by Gasteiger charge is 2.23. The zero-order valence-corrected chi connectivity index (χ0v) is 18.4. The fraction of sp³-hybridized carbons (Fsp3) is 0.591. The predicted molar refractivity (Wildman–Crippen MR) is 118 cm³/mol. The van der Waals surface area contributed by atoms with E-state index >= 15 is 0 Å². The summed E-state index contributed by atoms with van der Waals surface area (Å²) in [4.78, 5) is 20.5. The van der Waals surface area contributed by atoms with Gasteiger partial charge >= 0.3 is 6.01 Å². The summed E-state index contributed by atoms with van der Waals surface area (Å²) in [5, 5.41) is 0. The summed E-state index contributed by atoms with van der Waals surface area (Å²) in [6, 6.07) is 5.51. The third-order valence-electron chi connectivity index (χ3n) is 5.94. The Morgan fingerprint density at radius 3 is 2.03 bits per heavy atom. The maximum atomic E-state index is 14.0. The van der Waals surface area contributed by atoms with Crippen LogP contribution in [0.4, 0.5) is 16.3 Å². The molecule has 0 aliphatic carbocycles. The molecular weight excluding hydrogens is 399 g/mol. The molecule has 0 unspecified atom stereocenters. The molecule has 8 nitrogen and oxygen atoms in total. The Balaban J connectivity index is 1.41. The first-order chi connectivity index (χ1) is 15.2. The Morgan fingerprint density at radius 2 is 1.45 bits per heavy atom. The van der Waals surface area contributed by atoms with Crippen LogP contribution in [0.3, 0.4) is 0 Å². The minimum atomic E-state index is -0.322. The van der Waals surface area contributed by atoms with Crippen LogP contribution >= 0.6 is 0 Å². The van der Waals surface area contributed by atoms with E-state index in [1.54, 1.807) is 19.2 Å². The maximum Gasteiger partial charge on any atom is 0.322 e. The second-order valence-corrected chi connectivity index (χ2v) is 8.06. The van der Waals surface area contributed by atoms with Crippen molar-refractivity contribution in [3.8, 4) is 11.8 Å². The quantitative estimate of drug-likeness (QED) is 0.693. The van der Waals surface area contributed by atoms with Gasteiger partial charge in [-0.2, -0.15) is 15.0 Å². The number of rotatable bonds is 6. The molecule has 2 fully saturated rings. The summed E-state index contributed by atoms with van der Waals surface area (Å²) in [6.45, 7) is 5.93. The van der Waals surface area contributed by atoms with Crippen molar-refractivity contribution in [1.29, 1.82) is 0 Å². The number of halogens is 1. The third-order valence-corrected chi connectivity index (χ3v) is 5.94. The van der Waals surface area contributed by atoms with Crippen molar-refractivity contribution in [2.45, 2.75) is 32.2 Å². The van der Waals surface area contributed by atoms with Gasteiger partial charge in [-0.25, -0.2) is 4.39 Å². The summed E-state index contributed by atoms with van der Waals surface area (Å²) >= 11 is 0. The van der Waals surface area contributed by atoms with E-state index in [4.69, 9.17) is 14.5 Å². The molecule has 2 aliphatic heterocycles. The van der Waals surface area contributed by atoms with E-state index in [2.05, 4.69) is 24.7 Å². The van der Waals surface area contributed by atoms with Crippen LogP contribution in [0.5, 0.6) is 11.8 Å². The molecule has 9 heteroatoms. The second-order valence-electron chi connectivity index (χ2n) is 8.06. The molecule has 2 aliphatic rings. The van der Waals surface area contributed by atoms with Gasteiger partial charge in [0.15, 0.2) is 11.6 Å². The van der Waals surface area contributed by atoms with Gasteiger partial charge in [0, 0.05) is 45.8 Å². The van der Waals surface area contributed by atoms with E-state index in [9.17, 15) is 4.39 Å². The van der Waals surface area contributed by atoms with Crippen molar-refractivity contribution in [3.05, 3.63) is 29.6 Å². The van der Waals surface area contributed by atoms with Crippen LogP contribution in [0.2, 0.25) is 0 Å². The Morgan fingerprint density at radius 1 is 0.806 bits per heavy atom. The van der Waals surface area contributed by atoms with E-state index in [1.165, 1.54) is 20.0 Å². The molecule has 0 N–H and O–H groups in total. The average molecular weight is 431 g/mol. The second kappa shape index (κ2) is 10.1. The highest BCUT2D eigenvalue weighted by Crippen LogP contribution is 2.23. The lowest BCUT2D eigenvalue weighted by Crippen LogP contribution is -2.46. The van der Waals surface area contributed by atoms with E-state index < -0.39 is 0 Å². The predicted octanol–water partition coefficient (Wildman–Crippen LogP) is 2.73. The molecule has 2 aromatic rings. The van der Waals surface area contributed by atoms with Gasteiger partial charge in [-0.3, -0.25) is 4.90 Å². The van der Waals surface area contributed by atoms with Gasteiger partial charge in [-0.05, 0) is 30.5 Å². The number of methoxy groups -OCH3 is 2. The largest absolute Gasteiger partial charge is 0.494 e. The van der Waals surface area contributed by atoms with Gasteiger partial charge in [-0.1, -0.05) is 18.9 Å². The Bertz CT molecular complexity index is 867. The van der Waals surface area contributed by atoms with Crippen molar-refractivity contribution < 1.29 is 13.9 Å². The van der Waals surface area contributed by atoms with Crippen molar-refractivity contribution in [1.82, 2.24) is 19.9 Å². The fourth-order valence-electron chi connectivity index (χ4n) is 4.15. The van der Waals surface area contributed by atoms with Crippen molar-refractivity contribution >= 4 is 11.9 Å². The van der Waals surface area contributed by atoms with Gasteiger partial charge in [0.05, 0.1) is 14.2 Å². The Hall–Kier alpha value is -2.68. The summed E-state index contributed by atoms with van der Waals surface area (Å²) in [5.74, 6) is 1.33. The lowest BCUT2D eigenvalue weighted by atomic mass is 10.2. The SMILES string of the molecule is COc1nc(N2CCCCCC2)nc(N2CCN(Cc3ccc(OC)c(F)c3)CC2)n1. The van der Waals surface area contributed by atoms with E-state index in [-0.39, 0.29) is 11.6 Å². The zero-order chi connectivity index (χ0) is 21.6. The first kappa shape index (κ1) is 21.5. The first-order valence-corrected chi connectivity index (χ1v) is 11.0. The molecule has 0 saturated carbocycles. The van der Waals surface area contributed by atoms with Crippen molar-refractivity contribution in [3.63, 3.8) is 0 Å². The molecule has 0 spiro atoms. The van der Waals surface area contributed by atoms with Crippen LogP contribution < -0.4 is 19.3 Å². The minimum Gasteiger partial charge on any atom is -0.494 e. The fourth-order valence-corrected chi connectivity index (χ4v) is 4.15. The van der Waals surface area contributed by atoms with Crippen LogP contribution in [-0.4, -0.2) is 73.3 Å². The number of anilines is 2. The van der Waals surface area contributed by atoms with Gasteiger partial charge < -0.3 is 19.3 Å². The molecule has 1 aromatic carbocycles. The van der Waals surface area contributed by atoms with Crippen LogP contribution in [0.1, 0.15) is 31.2 Å². The third kappa shape index (κ3) is 5.33. The van der Waals surface area contributed by atoms with Crippen LogP contribution in [0, 0.1) is 5.82 Å². The van der Waals surface area contributed by atoms with Gasteiger partial charge in [0.1, 0.15) is 0 Å². The number of hydrogen-bond donors (Lipinski definition) is 0. The molecule has 0 radical (unpaired) electrons. The zero-order valence-electron chi connectivity index (χ0n) is 18.4. The molecule has 0 bridgehead atoms. The maximum absolute atomic E-state index is 14.0. The highest BCUT2D eigenvalue weighted by molar-refractivity contribution is 5.41. The first-order valence-electron chi connectivity index (χ1n) is 11.0. The Kier molecular flexibility index (Phi) is 7.01. The van der Waals surface area contributed by atoms with Crippen LogP contribution in [0.15, 0.2) is 18.2 Å². The van der Waals surface area contributed by atoms with E-state index in [0.717, 1.165) is 57.7 Å². The van der Waals surface area contributed by atoms with Crippen molar-refractivity contribution in [2.75, 3.05) is 63.3 Å². The number of ether oxygens (including phenoxy) is 2. The van der Waals surface area contributed by atoms with Crippen LogP contribution in [0.25, 0.3) is 0 Å². The minimum absolute atomic E-state index is 0.276. The molecule has 4 rings (SSSR count). The molecule has 0 amide bonds. The van der Waals surface area contributed by atoms with Crippen molar-refractivity contribution in [2.24, 2.45) is 0 Å². The normalized spacial score (nSPS) is 18.0. The summed E-state index contributed by atoms with van der Waals surface area (Å²) in [5.41, 5.74) is 0.942. The Labute approximate surface area is 183 Å². The number of benzene rings is 1. The average Bonchev–Trinajstić information content (AvgIpc) is 3.09. The molecular formula is C22H31FN6O2. The van der Waals surface area contributed by atoms with Gasteiger partial charge in [-0.15, -0.1) is 0 Å². The number of nitrogens with zero attached hydrogens (tertiary/aromatic N) is 6. The number of aromatic nitrogens is 3. The monoisotopic (exact) mass is 430 g/mol. The lowest BCUT2D eigenvalue weighted by molar-refractivity contribution is 0.248. The topological polar surface area (TPSA) is 66.9 Å². The molecule has 3 heterocycles.